The summed E-state index contributed by atoms with van der Waals surface area (Å²) >= 11 is 0. The third-order valence-electron chi connectivity index (χ3n) is 3.29. The second-order valence-electron chi connectivity index (χ2n) is 5.34. The fraction of sp³-hybridized carbons (Fsp3) is 0.600. The molecule has 0 spiro atoms. The van der Waals surface area contributed by atoms with Crippen LogP contribution in [-0.4, -0.2) is 31.5 Å². The molecule has 0 atom stereocenters. The van der Waals surface area contributed by atoms with E-state index in [4.69, 9.17) is 14.6 Å². The van der Waals surface area contributed by atoms with Crippen LogP contribution >= 0.6 is 0 Å². The molecule has 0 aliphatic heterocycles. The molecule has 1 aromatic rings. The van der Waals surface area contributed by atoms with E-state index in [0.29, 0.717) is 13.0 Å². The molecule has 0 amide bonds. The summed E-state index contributed by atoms with van der Waals surface area (Å²) < 4.78 is 10.7. The van der Waals surface area contributed by atoms with Gasteiger partial charge >= 0.3 is 0 Å². The Morgan fingerprint density at radius 3 is 2.32 bits per heavy atom. The molecule has 0 fully saturated rings. The third-order valence-corrected chi connectivity index (χ3v) is 3.29. The van der Waals surface area contributed by atoms with Crippen molar-refractivity contribution in [1.29, 1.82) is 0 Å². The summed E-state index contributed by atoms with van der Waals surface area (Å²) in [6.45, 7) is 6.98. The SMILES string of the molecule is COc1cc(CNC(C)(C)CCO)c(OC)cc1C. The minimum atomic E-state index is -0.113. The monoisotopic (exact) mass is 267 g/mol. The third kappa shape index (κ3) is 4.40. The van der Waals surface area contributed by atoms with E-state index in [-0.39, 0.29) is 12.1 Å². The molecule has 4 heteroatoms. The zero-order valence-electron chi connectivity index (χ0n) is 12.5. The Morgan fingerprint density at radius 2 is 1.79 bits per heavy atom. The number of aliphatic hydroxyl groups excluding tert-OH is 1. The van der Waals surface area contributed by atoms with E-state index in [9.17, 15) is 0 Å². The van der Waals surface area contributed by atoms with Crippen LogP contribution in [0.5, 0.6) is 11.5 Å². The highest BCUT2D eigenvalue weighted by atomic mass is 16.5. The molecule has 0 bridgehead atoms. The highest BCUT2D eigenvalue weighted by Gasteiger charge is 2.17. The minimum Gasteiger partial charge on any atom is -0.496 e. The summed E-state index contributed by atoms with van der Waals surface area (Å²) in [5.41, 5.74) is 1.99. The largest absolute Gasteiger partial charge is 0.496 e. The number of nitrogens with one attached hydrogen (secondary N) is 1. The highest BCUT2D eigenvalue weighted by Crippen LogP contribution is 2.28. The quantitative estimate of drug-likeness (QED) is 0.795. The molecule has 4 nitrogen and oxygen atoms in total. The van der Waals surface area contributed by atoms with E-state index in [1.165, 1.54) is 0 Å². The van der Waals surface area contributed by atoms with Gasteiger partial charge in [0.05, 0.1) is 14.2 Å². The van der Waals surface area contributed by atoms with E-state index >= 15 is 0 Å². The molecule has 0 radical (unpaired) electrons. The second-order valence-corrected chi connectivity index (χ2v) is 5.34. The van der Waals surface area contributed by atoms with Crippen molar-refractivity contribution in [3.63, 3.8) is 0 Å². The van der Waals surface area contributed by atoms with Crippen molar-refractivity contribution in [1.82, 2.24) is 5.32 Å². The van der Waals surface area contributed by atoms with E-state index in [0.717, 1.165) is 22.6 Å². The summed E-state index contributed by atoms with van der Waals surface area (Å²) in [5, 5.41) is 12.5. The van der Waals surface area contributed by atoms with Gasteiger partial charge in [-0.05, 0) is 44.9 Å². The van der Waals surface area contributed by atoms with Crippen molar-refractivity contribution in [2.24, 2.45) is 0 Å². The molecule has 0 saturated carbocycles. The number of hydrogen-bond acceptors (Lipinski definition) is 4. The fourth-order valence-electron chi connectivity index (χ4n) is 1.95. The summed E-state index contributed by atoms with van der Waals surface area (Å²) in [6, 6.07) is 3.98. The highest BCUT2D eigenvalue weighted by molar-refractivity contribution is 5.45. The van der Waals surface area contributed by atoms with Crippen LogP contribution in [0, 0.1) is 6.92 Å². The van der Waals surface area contributed by atoms with Crippen LogP contribution in [-0.2, 0) is 6.54 Å². The van der Waals surface area contributed by atoms with Crippen molar-refractivity contribution in [2.45, 2.75) is 39.3 Å². The van der Waals surface area contributed by atoms with Crippen LogP contribution in [0.25, 0.3) is 0 Å². The van der Waals surface area contributed by atoms with Gasteiger partial charge in [-0.15, -0.1) is 0 Å². The summed E-state index contributed by atoms with van der Waals surface area (Å²) in [6.07, 6.45) is 0.707. The van der Waals surface area contributed by atoms with E-state index in [2.05, 4.69) is 19.2 Å². The first kappa shape index (κ1) is 15.8. The average molecular weight is 267 g/mol. The van der Waals surface area contributed by atoms with Gasteiger partial charge in [0.2, 0.25) is 0 Å². The molecule has 19 heavy (non-hydrogen) atoms. The van der Waals surface area contributed by atoms with Crippen LogP contribution in [0.3, 0.4) is 0 Å². The number of methoxy groups -OCH3 is 2. The predicted octanol–water partition coefficient (Wildman–Crippen LogP) is 2.26. The van der Waals surface area contributed by atoms with E-state index in [1.54, 1.807) is 14.2 Å². The van der Waals surface area contributed by atoms with Gasteiger partial charge in [0.15, 0.2) is 0 Å². The van der Waals surface area contributed by atoms with Crippen LogP contribution in [0.1, 0.15) is 31.4 Å². The number of benzene rings is 1. The van der Waals surface area contributed by atoms with Gasteiger partial charge in [0.1, 0.15) is 11.5 Å². The maximum Gasteiger partial charge on any atom is 0.123 e. The van der Waals surface area contributed by atoms with Gasteiger partial charge in [0, 0.05) is 24.3 Å². The molecule has 0 aliphatic rings. The Balaban J connectivity index is 2.87. The number of rotatable bonds is 7. The van der Waals surface area contributed by atoms with Gasteiger partial charge in [0.25, 0.3) is 0 Å². The summed E-state index contributed by atoms with van der Waals surface area (Å²) in [5.74, 6) is 1.71. The molecule has 0 aromatic heterocycles. The van der Waals surface area contributed by atoms with Crippen molar-refractivity contribution >= 4 is 0 Å². The molecular weight excluding hydrogens is 242 g/mol. The lowest BCUT2D eigenvalue weighted by Gasteiger charge is -2.26. The van der Waals surface area contributed by atoms with Crippen molar-refractivity contribution in [3.05, 3.63) is 23.3 Å². The smallest absolute Gasteiger partial charge is 0.123 e. The molecule has 2 N–H and O–H groups in total. The second kappa shape index (κ2) is 6.78. The molecule has 108 valence electrons. The van der Waals surface area contributed by atoms with Crippen molar-refractivity contribution < 1.29 is 14.6 Å². The lowest BCUT2D eigenvalue weighted by molar-refractivity contribution is 0.229. The van der Waals surface area contributed by atoms with Gasteiger partial charge in [-0.2, -0.15) is 0 Å². The normalized spacial score (nSPS) is 11.5. The summed E-state index contributed by atoms with van der Waals surface area (Å²) in [4.78, 5) is 0. The van der Waals surface area contributed by atoms with Crippen LogP contribution in [0.15, 0.2) is 12.1 Å². The van der Waals surface area contributed by atoms with Crippen LogP contribution in [0.4, 0.5) is 0 Å². The first-order chi connectivity index (χ1) is 8.93. The van der Waals surface area contributed by atoms with Gasteiger partial charge in [-0.25, -0.2) is 0 Å². The topological polar surface area (TPSA) is 50.7 Å². The standard InChI is InChI=1S/C15H25NO3/c1-11-8-14(19-5)12(9-13(11)18-4)10-16-15(2,3)6-7-17/h8-9,16-17H,6-7,10H2,1-5H3. The number of hydrogen-bond donors (Lipinski definition) is 2. The Labute approximate surface area is 115 Å². The first-order valence-electron chi connectivity index (χ1n) is 6.51. The molecule has 0 aliphatic carbocycles. The lowest BCUT2D eigenvalue weighted by Crippen LogP contribution is -2.39. The lowest BCUT2D eigenvalue weighted by atomic mass is 10.0. The van der Waals surface area contributed by atoms with Crippen LogP contribution in [0.2, 0.25) is 0 Å². The van der Waals surface area contributed by atoms with Gasteiger partial charge < -0.3 is 19.9 Å². The maximum atomic E-state index is 9.03. The Bertz CT molecular complexity index is 416. The van der Waals surface area contributed by atoms with Gasteiger partial charge in [-0.1, -0.05) is 0 Å². The molecule has 0 heterocycles. The Kier molecular flexibility index (Phi) is 5.63. The van der Waals surface area contributed by atoms with Crippen LogP contribution < -0.4 is 14.8 Å². The summed E-state index contributed by atoms with van der Waals surface area (Å²) in [7, 11) is 3.34. The molecule has 0 saturated heterocycles. The molecule has 1 rings (SSSR count). The fourth-order valence-corrected chi connectivity index (χ4v) is 1.95. The average Bonchev–Trinajstić information content (AvgIpc) is 2.36. The predicted molar refractivity (Wildman–Crippen MR) is 76.9 cm³/mol. The minimum absolute atomic E-state index is 0.113. The number of aryl methyl sites for hydroxylation is 1. The zero-order valence-corrected chi connectivity index (χ0v) is 12.5. The zero-order chi connectivity index (χ0) is 14.5. The molecule has 0 unspecified atom stereocenters. The Morgan fingerprint density at radius 1 is 1.16 bits per heavy atom. The van der Waals surface area contributed by atoms with Gasteiger partial charge in [-0.3, -0.25) is 0 Å². The van der Waals surface area contributed by atoms with Crippen molar-refractivity contribution in [2.75, 3.05) is 20.8 Å². The number of ether oxygens (including phenoxy) is 2. The van der Waals surface area contributed by atoms with E-state index < -0.39 is 0 Å². The number of aliphatic hydroxyl groups is 1. The first-order valence-corrected chi connectivity index (χ1v) is 6.51. The van der Waals surface area contributed by atoms with E-state index in [1.807, 2.05) is 19.1 Å². The molecule has 1 aromatic carbocycles. The molecular formula is C15H25NO3. The Hall–Kier alpha value is -1.26. The van der Waals surface area contributed by atoms with Crippen molar-refractivity contribution in [3.8, 4) is 11.5 Å². The maximum absolute atomic E-state index is 9.03.